The van der Waals surface area contributed by atoms with E-state index in [2.05, 4.69) is 16.0 Å². The molecule has 0 aliphatic rings. The summed E-state index contributed by atoms with van der Waals surface area (Å²) in [6.07, 6.45) is 0. The monoisotopic (exact) mass is 255 g/mol. The van der Waals surface area contributed by atoms with Crippen molar-refractivity contribution in [2.75, 3.05) is 0 Å². The maximum atomic E-state index is 10.7. The first kappa shape index (κ1) is 11.0. The fourth-order valence-corrected chi connectivity index (χ4v) is 1.35. The van der Waals surface area contributed by atoms with E-state index in [-0.39, 0.29) is 17.1 Å². The van der Waals surface area contributed by atoms with Gasteiger partial charge in [-0.25, -0.2) is 0 Å². The van der Waals surface area contributed by atoms with Gasteiger partial charge in [0.15, 0.2) is 0 Å². The van der Waals surface area contributed by atoms with Crippen LogP contribution in [0.1, 0.15) is 10.4 Å². The van der Waals surface area contributed by atoms with Crippen LogP contribution in [-0.4, -0.2) is 20.7 Å². The van der Waals surface area contributed by atoms with Gasteiger partial charge in [0.1, 0.15) is 0 Å². The van der Waals surface area contributed by atoms with Crippen LogP contribution in [-0.2, 0) is 0 Å². The minimum atomic E-state index is -0.120. The number of benzene rings is 1. The molecule has 0 aromatic heterocycles. The second-order valence-corrected chi connectivity index (χ2v) is 2.95. The quantitative estimate of drug-likeness (QED) is 0.702. The molecule has 0 amide bonds. The van der Waals surface area contributed by atoms with Crippen molar-refractivity contribution in [2.24, 2.45) is 0 Å². The summed E-state index contributed by atoms with van der Waals surface area (Å²) >= 11 is 8.05. The molecule has 4 heteroatoms. The molecule has 1 aromatic carbocycles. The Morgan fingerprint density at radius 2 is 1.91 bits per heavy atom. The Kier molecular flexibility index (Phi) is 4.78. The minimum absolute atomic E-state index is 0. The Balaban J connectivity index is 0.000001000. The van der Waals surface area contributed by atoms with E-state index in [9.17, 15) is 4.79 Å². The van der Waals surface area contributed by atoms with Crippen LogP contribution in [0.25, 0.3) is 0 Å². The predicted octanol–water partition coefficient (Wildman–Crippen LogP) is 2.07. The second kappa shape index (κ2) is 4.78. The molecule has 11 heavy (non-hydrogen) atoms. The van der Waals surface area contributed by atoms with E-state index in [0.717, 1.165) is 0 Å². The third kappa shape index (κ3) is 2.84. The van der Waals surface area contributed by atoms with E-state index in [4.69, 9.17) is 11.6 Å². The van der Waals surface area contributed by atoms with Crippen LogP contribution < -0.4 is 0 Å². The van der Waals surface area contributed by atoms with Gasteiger partial charge in [0, 0.05) is 0 Å². The average molecular weight is 255 g/mol. The standard InChI is InChI=1S/C7H4ClOSe.ClH/c8-6-4-2-1-3-5(6)7(9)10;/h1-4H;1H. The Hall–Kier alpha value is -0.0105. The zero-order valence-electron chi connectivity index (χ0n) is 5.41. The second-order valence-electron chi connectivity index (χ2n) is 1.77. The van der Waals surface area contributed by atoms with Crippen molar-refractivity contribution in [2.45, 2.75) is 0 Å². The predicted molar refractivity (Wildman–Crippen MR) is 48.8 cm³/mol. The molecule has 1 nitrogen and oxygen atoms in total. The van der Waals surface area contributed by atoms with Gasteiger partial charge < -0.3 is 0 Å². The van der Waals surface area contributed by atoms with Gasteiger partial charge >= 0.3 is 71.9 Å². The third-order valence-electron chi connectivity index (χ3n) is 1.09. The number of hydrogen-bond donors (Lipinski definition) is 0. The molecule has 1 rings (SSSR count). The van der Waals surface area contributed by atoms with Crippen molar-refractivity contribution in [1.29, 1.82) is 0 Å². The first-order chi connectivity index (χ1) is 4.72. The molecule has 59 valence electrons. The zero-order valence-corrected chi connectivity index (χ0v) is 8.70. The van der Waals surface area contributed by atoms with Gasteiger partial charge in [0.2, 0.25) is 0 Å². The fourth-order valence-electron chi connectivity index (χ4n) is 0.627. The first-order valence-electron chi connectivity index (χ1n) is 2.67. The number of carbonyl (C=O) groups excluding carboxylic acids is 1. The normalized spacial score (nSPS) is 8.45. The number of hydrogen-bond acceptors (Lipinski definition) is 1. The van der Waals surface area contributed by atoms with Crippen LogP contribution in [0.3, 0.4) is 0 Å². The van der Waals surface area contributed by atoms with Gasteiger partial charge in [-0.3, -0.25) is 0 Å². The summed E-state index contributed by atoms with van der Waals surface area (Å²) in [5, 5.41) is 0.492. The molecular weight excluding hydrogens is 250 g/mol. The third-order valence-corrected chi connectivity index (χ3v) is 1.88. The van der Waals surface area contributed by atoms with Crippen molar-refractivity contribution in [3.63, 3.8) is 0 Å². The van der Waals surface area contributed by atoms with Gasteiger partial charge in [-0.05, 0) is 0 Å². The zero-order chi connectivity index (χ0) is 7.56. The van der Waals surface area contributed by atoms with Crippen LogP contribution in [0.5, 0.6) is 0 Å². The summed E-state index contributed by atoms with van der Waals surface area (Å²) < 4.78 is -0.120. The van der Waals surface area contributed by atoms with Crippen LogP contribution >= 0.6 is 24.0 Å². The molecule has 0 fully saturated rings. The van der Waals surface area contributed by atoms with E-state index in [1.807, 2.05) is 0 Å². The molecule has 0 spiro atoms. The molecule has 1 aromatic rings. The van der Waals surface area contributed by atoms with E-state index < -0.39 is 0 Å². The molecule has 0 aliphatic heterocycles. The van der Waals surface area contributed by atoms with E-state index in [0.29, 0.717) is 10.6 Å². The molecule has 0 atom stereocenters. The van der Waals surface area contributed by atoms with E-state index in [1.54, 1.807) is 24.3 Å². The molecule has 0 aliphatic carbocycles. The number of halogens is 2. The molecule has 0 saturated carbocycles. The summed E-state index contributed by atoms with van der Waals surface area (Å²) in [6.45, 7) is 0. The molecule has 1 radical (unpaired) electrons. The van der Waals surface area contributed by atoms with Gasteiger partial charge in [-0.1, -0.05) is 0 Å². The summed E-state index contributed by atoms with van der Waals surface area (Å²) in [5.41, 5.74) is 0.532. The first-order valence-corrected chi connectivity index (χ1v) is 3.91. The van der Waals surface area contributed by atoms with Crippen LogP contribution in [0, 0.1) is 0 Å². The van der Waals surface area contributed by atoms with E-state index in [1.165, 1.54) is 0 Å². The van der Waals surface area contributed by atoms with Gasteiger partial charge in [0.25, 0.3) is 0 Å². The van der Waals surface area contributed by atoms with Crippen molar-refractivity contribution in [3.8, 4) is 0 Å². The average Bonchev–Trinajstić information content (AvgIpc) is 1.88. The Morgan fingerprint density at radius 1 is 1.36 bits per heavy atom. The molecule has 0 N–H and O–H groups in total. The van der Waals surface area contributed by atoms with Gasteiger partial charge in [-0.15, -0.1) is 12.4 Å². The van der Waals surface area contributed by atoms with Crippen LogP contribution in [0.2, 0.25) is 5.02 Å². The van der Waals surface area contributed by atoms with Crippen LogP contribution in [0.4, 0.5) is 0 Å². The molecular formula is C7H5Cl2OSe. The maximum absolute atomic E-state index is 10.7. The van der Waals surface area contributed by atoms with E-state index >= 15 is 0 Å². The summed E-state index contributed by atoms with van der Waals surface area (Å²) in [5.74, 6) is 0. The molecule has 0 unspecified atom stereocenters. The summed E-state index contributed by atoms with van der Waals surface area (Å²) in [6, 6.07) is 6.93. The molecule has 0 bridgehead atoms. The Labute approximate surface area is 84.3 Å². The van der Waals surface area contributed by atoms with Gasteiger partial charge in [0.05, 0.1) is 0 Å². The van der Waals surface area contributed by atoms with Crippen molar-refractivity contribution in [1.82, 2.24) is 0 Å². The van der Waals surface area contributed by atoms with Crippen molar-refractivity contribution < 1.29 is 4.79 Å². The topological polar surface area (TPSA) is 17.1 Å². The van der Waals surface area contributed by atoms with Gasteiger partial charge in [-0.2, -0.15) is 0 Å². The number of rotatable bonds is 1. The Morgan fingerprint density at radius 3 is 2.27 bits per heavy atom. The number of carbonyl (C=O) groups is 1. The van der Waals surface area contributed by atoms with Crippen molar-refractivity contribution >= 4 is 44.7 Å². The fraction of sp³-hybridized carbons (Fsp3) is 0. The summed E-state index contributed by atoms with van der Waals surface area (Å²) in [7, 11) is 0. The van der Waals surface area contributed by atoms with Crippen molar-refractivity contribution in [3.05, 3.63) is 34.9 Å². The summed E-state index contributed by atoms with van der Waals surface area (Å²) in [4.78, 5) is 10.7. The SMILES string of the molecule is Cl.O=C([Se])c1ccccc1Cl. The van der Waals surface area contributed by atoms with Crippen LogP contribution in [0.15, 0.2) is 24.3 Å². The Bertz CT molecular complexity index is 262. The molecule has 0 saturated heterocycles. The molecule has 0 heterocycles.